The van der Waals surface area contributed by atoms with E-state index in [0.29, 0.717) is 5.69 Å². The highest BCUT2D eigenvalue weighted by molar-refractivity contribution is 6.33. The van der Waals surface area contributed by atoms with Crippen LogP contribution < -0.4 is 5.32 Å². The molecule has 2 heterocycles. The molecule has 1 amide bonds. The smallest absolute Gasteiger partial charge is 0.258 e. The lowest BCUT2D eigenvalue weighted by molar-refractivity contribution is 0.102. The zero-order valence-corrected chi connectivity index (χ0v) is 10.2. The molecular formula is C12H9ClFN3O. The van der Waals surface area contributed by atoms with Crippen molar-refractivity contribution >= 4 is 23.2 Å². The molecule has 2 rings (SSSR count). The molecule has 6 heteroatoms. The molecule has 0 spiro atoms. The normalized spacial score (nSPS) is 10.2. The molecule has 0 unspecified atom stereocenters. The first-order valence-corrected chi connectivity index (χ1v) is 5.48. The summed E-state index contributed by atoms with van der Waals surface area (Å²) >= 11 is 5.75. The maximum absolute atomic E-state index is 13.0. The van der Waals surface area contributed by atoms with Crippen molar-refractivity contribution in [1.29, 1.82) is 0 Å². The predicted molar refractivity (Wildman–Crippen MR) is 66.1 cm³/mol. The number of carbonyl (C=O) groups excluding carboxylic acids is 1. The Morgan fingerprint density at radius 3 is 2.94 bits per heavy atom. The number of hydrogen-bond donors (Lipinski definition) is 1. The minimum atomic E-state index is -0.615. The van der Waals surface area contributed by atoms with Gasteiger partial charge in [-0.05, 0) is 24.6 Å². The van der Waals surface area contributed by atoms with E-state index in [2.05, 4.69) is 15.3 Å². The Bertz CT molecular complexity index is 604. The maximum Gasteiger partial charge on any atom is 0.258 e. The van der Waals surface area contributed by atoms with Crippen LogP contribution in [0.15, 0.2) is 30.7 Å². The fraction of sp³-hybridized carbons (Fsp3) is 0.0833. The fourth-order valence-electron chi connectivity index (χ4n) is 1.39. The Hall–Kier alpha value is -2.01. The lowest BCUT2D eigenvalue weighted by atomic mass is 10.2. The average molecular weight is 266 g/mol. The van der Waals surface area contributed by atoms with E-state index in [1.807, 2.05) is 0 Å². The molecule has 92 valence electrons. The summed E-state index contributed by atoms with van der Waals surface area (Å²) < 4.78 is 13.0. The van der Waals surface area contributed by atoms with Gasteiger partial charge in [0, 0.05) is 18.1 Å². The summed E-state index contributed by atoms with van der Waals surface area (Å²) in [4.78, 5) is 19.4. The number of anilines is 1. The maximum atomic E-state index is 13.0. The molecule has 0 bridgehead atoms. The van der Waals surface area contributed by atoms with Gasteiger partial charge in [0.25, 0.3) is 5.91 Å². The van der Waals surface area contributed by atoms with Crippen molar-refractivity contribution < 1.29 is 9.18 Å². The second-order valence-corrected chi connectivity index (χ2v) is 3.99. The van der Waals surface area contributed by atoms with E-state index in [4.69, 9.17) is 11.6 Å². The molecule has 0 aliphatic rings. The first kappa shape index (κ1) is 12.4. The van der Waals surface area contributed by atoms with E-state index in [-0.39, 0.29) is 10.7 Å². The van der Waals surface area contributed by atoms with Crippen molar-refractivity contribution in [2.75, 3.05) is 5.32 Å². The zero-order valence-electron chi connectivity index (χ0n) is 9.45. The summed E-state index contributed by atoms with van der Waals surface area (Å²) in [6.07, 6.45) is 4.12. The summed E-state index contributed by atoms with van der Waals surface area (Å²) in [5.41, 5.74) is 1.38. The first-order valence-electron chi connectivity index (χ1n) is 5.11. The Kier molecular flexibility index (Phi) is 3.53. The van der Waals surface area contributed by atoms with Crippen LogP contribution in [0.4, 0.5) is 10.1 Å². The molecular weight excluding hydrogens is 257 g/mol. The Labute approximate surface area is 108 Å². The van der Waals surface area contributed by atoms with Gasteiger partial charge in [-0.1, -0.05) is 11.6 Å². The zero-order chi connectivity index (χ0) is 13.1. The van der Waals surface area contributed by atoms with Gasteiger partial charge in [0.2, 0.25) is 0 Å². The third-order valence-electron chi connectivity index (χ3n) is 2.32. The molecule has 0 radical (unpaired) electrons. The molecule has 0 fully saturated rings. The Morgan fingerprint density at radius 2 is 2.22 bits per heavy atom. The van der Waals surface area contributed by atoms with Gasteiger partial charge in [0.15, 0.2) is 0 Å². The first-order chi connectivity index (χ1) is 8.58. The molecule has 1 N–H and O–H groups in total. The quantitative estimate of drug-likeness (QED) is 0.850. The summed E-state index contributed by atoms with van der Waals surface area (Å²) in [6.45, 7) is 1.80. The largest absolute Gasteiger partial charge is 0.322 e. The standard InChI is InChI=1S/C12H9ClFN3O/c1-7-5-15-3-2-10(7)17-12(18)9-4-8(14)6-16-11(9)13/h2-6H,1H3,(H,15,17,18). The number of hydrogen-bond acceptors (Lipinski definition) is 3. The summed E-state index contributed by atoms with van der Waals surface area (Å²) in [5.74, 6) is -1.13. The van der Waals surface area contributed by atoms with Crippen LogP contribution in [0, 0.1) is 12.7 Å². The Balaban J connectivity index is 2.28. The number of aromatic nitrogens is 2. The third kappa shape index (κ3) is 2.62. The van der Waals surface area contributed by atoms with Gasteiger partial charge in [-0.25, -0.2) is 9.37 Å². The van der Waals surface area contributed by atoms with Crippen LogP contribution >= 0.6 is 11.6 Å². The van der Waals surface area contributed by atoms with E-state index in [1.165, 1.54) is 0 Å². The van der Waals surface area contributed by atoms with E-state index in [0.717, 1.165) is 17.8 Å². The molecule has 0 saturated carbocycles. The van der Waals surface area contributed by atoms with Gasteiger partial charge in [0.1, 0.15) is 11.0 Å². The van der Waals surface area contributed by atoms with Crippen LogP contribution in [0.2, 0.25) is 5.15 Å². The molecule has 0 atom stereocenters. The van der Waals surface area contributed by atoms with Gasteiger partial charge < -0.3 is 5.32 Å². The number of nitrogens with one attached hydrogen (secondary N) is 1. The monoisotopic (exact) mass is 265 g/mol. The Morgan fingerprint density at radius 1 is 1.44 bits per heavy atom. The minimum Gasteiger partial charge on any atom is -0.322 e. The van der Waals surface area contributed by atoms with Crippen molar-refractivity contribution in [3.05, 3.63) is 52.8 Å². The molecule has 2 aromatic rings. The van der Waals surface area contributed by atoms with Crippen molar-refractivity contribution in [3.8, 4) is 0 Å². The number of pyridine rings is 2. The number of halogens is 2. The van der Waals surface area contributed by atoms with Crippen LogP contribution in [-0.4, -0.2) is 15.9 Å². The molecule has 0 aliphatic carbocycles. The topological polar surface area (TPSA) is 54.9 Å². The molecule has 4 nitrogen and oxygen atoms in total. The SMILES string of the molecule is Cc1cnccc1NC(=O)c1cc(F)cnc1Cl. The van der Waals surface area contributed by atoms with E-state index in [1.54, 1.807) is 25.4 Å². The van der Waals surface area contributed by atoms with Crippen molar-refractivity contribution in [2.24, 2.45) is 0 Å². The number of rotatable bonds is 2. The lowest BCUT2D eigenvalue weighted by Gasteiger charge is -2.08. The number of aryl methyl sites for hydroxylation is 1. The van der Waals surface area contributed by atoms with E-state index in [9.17, 15) is 9.18 Å². The average Bonchev–Trinajstić information content (AvgIpc) is 2.35. The van der Waals surface area contributed by atoms with Gasteiger partial charge >= 0.3 is 0 Å². The molecule has 0 aromatic carbocycles. The second kappa shape index (κ2) is 5.10. The van der Waals surface area contributed by atoms with E-state index >= 15 is 0 Å². The van der Waals surface area contributed by atoms with Crippen LogP contribution in [0.1, 0.15) is 15.9 Å². The van der Waals surface area contributed by atoms with Crippen LogP contribution in [0.25, 0.3) is 0 Å². The van der Waals surface area contributed by atoms with Crippen molar-refractivity contribution in [3.63, 3.8) is 0 Å². The highest BCUT2D eigenvalue weighted by Crippen LogP contribution is 2.17. The third-order valence-corrected chi connectivity index (χ3v) is 2.62. The summed E-state index contributed by atoms with van der Waals surface area (Å²) in [7, 11) is 0. The van der Waals surface area contributed by atoms with Gasteiger partial charge in [-0.15, -0.1) is 0 Å². The summed E-state index contributed by atoms with van der Waals surface area (Å²) in [6, 6.07) is 2.69. The second-order valence-electron chi connectivity index (χ2n) is 3.64. The fourth-order valence-corrected chi connectivity index (χ4v) is 1.57. The minimum absolute atomic E-state index is 0.00659. The van der Waals surface area contributed by atoms with Crippen molar-refractivity contribution in [2.45, 2.75) is 6.92 Å². The van der Waals surface area contributed by atoms with Gasteiger partial charge in [-0.3, -0.25) is 9.78 Å². The molecule has 18 heavy (non-hydrogen) atoms. The number of carbonyl (C=O) groups is 1. The van der Waals surface area contributed by atoms with E-state index < -0.39 is 11.7 Å². The summed E-state index contributed by atoms with van der Waals surface area (Å²) in [5, 5.41) is 2.58. The van der Waals surface area contributed by atoms with Crippen molar-refractivity contribution in [1.82, 2.24) is 9.97 Å². The van der Waals surface area contributed by atoms with Gasteiger partial charge in [-0.2, -0.15) is 0 Å². The highest BCUT2D eigenvalue weighted by Gasteiger charge is 2.13. The molecule has 0 saturated heterocycles. The highest BCUT2D eigenvalue weighted by atomic mass is 35.5. The van der Waals surface area contributed by atoms with Crippen LogP contribution in [0.3, 0.4) is 0 Å². The lowest BCUT2D eigenvalue weighted by Crippen LogP contribution is -2.14. The van der Waals surface area contributed by atoms with Gasteiger partial charge in [0.05, 0.1) is 11.8 Å². The molecule has 2 aromatic heterocycles. The number of amides is 1. The predicted octanol–water partition coefficient (Wildman–Crippen LogP) is 2.83. The van der Waals surface area contributed by atoms with Crippen LogP contribution in [0.5, 0.6) is 0 Å². The molecule has 0 aliphatic heterocycles. The number of nitrogens with zero attached hydrogens (tertiary/aromatic N) is 2. The van der Waals surface area contributed by atoms with Crippen LogP contribution in [-0.2, 0) is 0 Å².